The first kappa shape index (κ1) is 33.4. The van der Waals surface area contributed by atoms with Crippen LogP contribution in [-0.4, -0.2) is 73.3 Å². The number of phenols is 1. The molecule has 0 spiro atoms. The highest BCUT2D eigenvalue weighted by Crippen LogP contribution is 2.32. The van der Waals surface area contributed by atoms with E-state index < -0.39 is 49.3 Å². The number of nitrogens with zero attached hydrogens (tertiary/aromatic N) is 2. The summed E-state index contributed by atoms with van der Waals surface area (Å²) in [5, 5.41) is 27.9. The zero-order valence-electron chi connectivity index (χ0n) is 22.8. The highest BCUT2D eigenvalue weighted by atomic mass is 31.2. The lowest BCUT2D eigenvalue weighted by Gasteiger charge is -2.29. The van der Waals surface area contributed by atoms with Gasteiger partial charge in [-0.25, -0.2) is 10.0 Å². The Hall–Kier alpha value is -3.84. The molecule has 7 N–H and O–H groups in total. The van der Waals surface area contributed by atoms with Gasteiger partial charge in [0.25, 0.3) is 11.8 Å². The summed E-state index contributed by atoms with van der Waals surface area (Å²) in [6.07, 6.45) is 2.75. The number of amides is 4. The van der Waals surface area contributed by atoms with Crippen LogP contribution in [-0.2, 0) is 14.2 Å². The topological polar surface area (TPSA) is 218 Å². The predicted molar refractivity (Wildman–Crippen MR) is 148 cm³/mol. The maximum atomic E-state index is 12.9. The number of carbonyl (C=O) groups excluding carboxylic acids is 4. The third-order valence-electron chi connectivity index (χ3n) is 6.26. The van der Waals surface area contributed by atoms with Gasteiger partial charge in [0.05, 0.1) is 29.9 Å². The van der Waals surface area contributed by atoms with E-state index in [0.717, 1.165) is 19.3 Å². The van der Waals surface area contributed by atoms with Gasteiger partial charge in [0.2, 0.25) is 12.3 Å². The molecule has 0 saturated heterocycles. The normalized spacial score (nSPS) is 12.6. The average Bonchev–Trinajstić information content (AvgIpc) is 2.94. The Morgan fingerprint density at radius 3 is 2.39 bits per heavy atom. The molecule has 1 aromatic heterocycles. The van der Waals surface area contributed by atoms with E-state index in [0.29, 0.717) is 23.5 Å². The number of aromatic hydroxyl groups is 1. The lowest BCUT2D eigenvalue weighted by Crippen LogP contribution is -2.47. The summed E-state index contributed by atoms with van der Waals surface area (Å²) in [7, 11) is -4.47. The van der Waals surface area contributed by atoms with Gasteiger partial charge in [-0.15, -0.1) is 0 Å². The summed E-state index contributed by atoms with van der Waals surface area (Å²) >= 11 is 0. The van der Waals surface area contributed by atoms with Crippen molar-refractivity contribution >= 4 is 31.7 Å². The van der Waals surface area contributed by atoms with Gasteiger partial charge in [-0.05, 0) is 37.1 Å². The number of benzene rings is 1. The minimum absolute atomic E-state index is 0.00752. The zero-order chi connectivity index (χ0) is 30.6. The smallest absolute Gasteiger partial charge is 0.344 e. The Kier molecular flexibility index (Phi) is 12.9. The summed E-state index contributed by atoms with van der Waals surface area (Å²) in [6, 6.07) is 7.78. The van der Waals surface area contributed by atoms with Crippen LogP contribution in [0.25, 0.3) is 11.3 Å². The van der Waals surface area contributed by atoms with Gasteiger partial charge in [0, 0.05) is 5.56 Å². The molecular weight excluding hydrogens is 557 g/mol. The number of hydroxylamine groups is 2. The number of unbranched alkanes of at least 4 members (excludes halogenated alkanes) is 2. The molecular formula is C26H36N5O9P. The van der Waals surface area contributed by atoms with Crippen LogP contribution < -0.4 is 16.0 Å². The van der Waals surface area contributed by atoms with Gasteiger partial charge >= 0.3 is 7.60 Å². The summed E-state index contributed by atoms with van der Waals surface area (Å²) in [4.78, 5) is 70.9. The van der Waals surface area contributed by atoms with Crippen LogP contribution in [0.5, 0.6) is 5.75 Å². The summed E-state index contributed by atoms with van der Waals surface area (Å²) < 4.78 is 11.0. The predicted octanol–water partition coefficient (Wildman–Crippen LogP) is 1.95. The lowest BCUT2D eigenvalue weighted by molar-refractivity contribution is -0.168. The maximum Gasteiger partial charge on any atom is 0.344 e. The fourth-order valence-electron chi connectivity index (χ4n) is 4.15. The molecule has 0 unspecified atom stereocenters. The fraction of sp³-hybridized carbons (Fsp3) is 0.423. The minimum Gasteiger partial charge on any atom is -0.507 e. The van der Waals surface area contributed by atoms with E-state index in [-0.39, 0.29) is 30.0 Å². The van der Waals surface area contributed by atoms with Crippen molar-refractivity contribution < 1.29 is 43.8 Å². The summed E-state index contributed by atoms with van der Waals surface area (Å²) in [5.74, 6) is -3.03. The van der Waals surface area contributed by atoms with Crippen molar-refractivity contribution in [1.29, 1.82) is 0 Å². The number of phenolic OH excluding ortho intramolecular Hbond substituents is 1. The molecule has 14 nitrogen and oxygen atoms in total. The van der Waals surface area contributed by atoms with E-state index >= 15 is 0 Å². The van der Waals surface area contributed by atoms with Crippen LogP contribution in [0.4, 0.5) is 0 Å². The third-order valence-corrected chi connectivity index (χ3v) is 6.83. The van der Waals surface area contributed by atoms with E-state index in [4.69, 9.17) is 9.79 Å². The molecule has 0 aliphatic rings. The van der Waals surface area contributed by atoms with Gasteiger partial charge in [-0.1, -0.05) is 45.2 Å². The van der Waals surface area contributed by atoms with Gasteiger partial charge in [-0.2, -0.15) is 0 Å². The first-order chi connectivity index (χ1) is 19.4. The average molecular weight is 594 g/mol. The highest BCUT2D eigenvalue weighted by Gasteiger charge is 2.30. The van der Waals surface area contributed by atoms with E-state index in [1.807, 2.05) is 12.2 Å². The first-order valence-corrected chi connectivity index (χ1v) is 14.8. The van der Waals surface area contributed by atoms with Crippen LogP contribution in [0, 0.1) is 5.92 Å². The third kappa shape index (κ3) is 10.3. The van der Waals surface area contributed by atoms with Crippen molar-refractivity contribution in [3.63, 3.8) is 0 Å². The molecule has 2 atom stereocenters. The molecule has 0 saturated carbocycles. The van der Waals surface area contributed by atoms with Crippen molar-refractivity contribution in [3.8, 4) is 17.0 Å². The van der Waals surface area contributed by atoms with Crippen LogP contribution >= 0.6 is 7.60 Å². The molecule has 1 heterocycles. The maximum absolute atomic E-state index is 12.9. The second kappa shape index (κ2) is 15.8. The van der Waals surface area contributed by atoms with E-state index in [1.165, 1.54) is 24.3 Å². The number of hydrogen-bond donors (Lipinski definition) is 7. The summed E-state index contributed by atoms with van der Waals surface area (Å²) in [5.41, 5.74) is 0.454. The number of hydrogen-bond acceptors (Lipinski definition) is 8. The lowest BCUT2D eigenvalue weighted by atomic mass is 9.90. The largest absolute Gasteiger partial charge is 0.507 e. The number of carbonyl (C=O) groups is 4. The van der Waals surface area contributed by atoms with Crippen molar-refractivity contribution in [2.45, 2.75) is 52.0 Å². The van der Waals surface area contributed by atoms with E-state index in [2.05, 4.69) is 15.6 Å². The van der Waals surface area contributed by atoms with Crippen molar-refractivity contribution in [3.05, 3.63) is 47.7 Å². The Morgan fingerprint density at radius 2 is 1.78 bits per heavy atom. The Bertz CT molecular complexity index is 1270. The van der Waals surface area contributed by atoms with Crippen molar-refractivity contribution in [2.24, 2.45) is 5.92 Å². The molecule has 1 aromatic carbocycles. The number of rotatable bonds is 16. The molecule has 0 aliphatic carbocycles. The van der Waals surface area contributed by atoms with Gasteiger partial charge in [-0.3, -0.25) is 29.0 Å². The molecule has 41 heavy (non-hydrogen) atoms. The molecule has 224 valence electrons. The highest BCUT2D eigenvalue weighted by molar-refractivity contribution is 7.51. The van der Waals surface area contributed by atoms with E-state index in [9.17, 15) is 34.1 Å². The molecule has 0 bridgehead atoms. The standard InChI is InChI=1S/C26H36N5O9P/c1-3-5-6-8-18(22(4-2)31(37)16-32)24(34)27-14-28-26(36)21-10-7-9-20(30-21)17-11-12-19(23(33)13-17)25(35)29-15-41(38,39)40/h7,9-13,16,18,22,33,37H,3-6,8,14-15H2,1-2H3,(H,27,34)(H,28,36)(H,29,35)(H2,38,39,40)/t18-,22-/m1/s1. The molecule has 0 aliphatic heterocycles. The van der Waals surface area contributed by atoms with Crippen LogP contribution in [0.1, 0.15) is 66.8 Å². The second-order valence-electron chi connectivity index (χ2n) is 9.26. The Morgan fingerprint density at radius 1 is 1.05 bits per heavy atom. The molecule has 4 amide bonds. The number of aromatic nitrogens is 1. The monoisotopic (exact) mass is 593 g/mol. The molecule has 0 fully saturated rings. The number of nitrogens with one attached hydrogen (secondary N) is 3. The van der Waals surface area contributed by atoms with Crippen molar-refractivity contribution in [1.82, 2.24) is 26.0 Å². The van der Waals surface area contributed by atoms with Crippen LogP contribution in [0.15, 0.2) is 36.4 Å². The fourth-order valence-corrected chi connectivity index (χ4v) is 4.50. The number of pyridine rings is 1. The van der Waals surface area contributed by atoms with Crippen molar-refractivity contribution in [2.75, 3.05) is 13.0 Å². The first-order valence-electron chi connectivity index (χ1n) is 13.0. The second-order valence-corrected chi connectivity index (χ2v) is 10.9. The Labute approximate surface area is 237 Å². The Balaban J connectivity index is 2.06. The van der Waals surface area contributed by atoms with Gasteiger partial charge < -0.3 is 30.8 Å². The van der Waals surface area contributed by atoms with E-state index in [1.54, 1.807) is 19.1 Å². The van der Waals surface area contributed by atoms with Gasteiger partial charge in [0.15, 0.2) is 0 Å². The molecule has 2 aromatic rings. The molecule has 2 rings (SSSR count). The SMILES string of the molecule is CCCCC[C@@H](C(=O)NCNC(=O)c1cccc(-c2ccc(C(=O)NCP(=O)(O)O)c(O)c2)n1)[C@@H](CC)N(O)C=O. The van der Waals surface area contributed by atoms with Crippen LogP contribution in [0.3, 0.4) is 0 Å². The molecule has 0 radical (unpaired) electrons. The minimum atomic E-state index is -4.47. The van der Waals surface area contributed by atoms with Gasteiger partial charge in [0.1, 0.15) is 17.7 Å². The zero-order valence-corrected chi connectivity index (χ0v) is 23.7. The molecule has 15 heteroatoms. The van der Waals surface area contributed by atoms with Crippen LogP contribution in [0.2, 0.25) is 0 Å². The quantitative estimate of drug-likeness (QED) is 0.0374. The summed E-state index contributed by atoms with van der Waals surface area (Å²) in [6.45, 7) is 3.55.